The summed E-state index contributed by atoms with van der Waals surface area (Å²) >= 11 is 0. The van der Waals surface area contributed by atoms with E-state index in [1.54, 1.807) is 0 Å². The van der Waals surface area contributed by atoms with Crippen molar-refractivity contribution < 1.29 is 0 Å². The number of hydrogen-bond acceptors (Lipinski definition) is 4. The molecule has 0 N–H and O–H groups in total. The van der Waals surface area contributed by atoms with Crippen LogP contribution < -0.4 is 0 Å². The van der Waals surface area contributed by atoms with Gasteiger partial charge in [0.15, 0.2) is 5.82 Å². The van der Waals surface area contributed by atoms with Gasteiger partial charge < -0.3 is 0 Å². The maximum Gasteiger partial charge on any atom is 0.160 e. The zero-order chi connectivity index (χ0) is 45.9. The summed E-state index contributed by atoms with van der Waals surface area (Å²) in [5, 5.41) is 10.3. The third-order valence-corrected chi connectivity index (χ3v) is 14.1. The molecule has 2 aliphatic carbocycles. The summed E-state index contributed by atoms with van der Waals surface area (Å²) in [4.78, 5) is 14.8. The Bertz CT molecular complexity index is 3770. The van der Waals surface area contributed by atoms with E-state index in [1.165, 1.54) is 38.9 Å². The van der Waals surface area contributed by atoms with E-state index < -0.39 is 5.41 Å². The van der Waals surface area contributed by atoms with Crippen LogP contribution in [0.5, 0.6) is 0 Å². The summed E-state index contributed by atoms with van der Waals surface area (Å²) in [5.41, 5.74) is 23.2. The second kappa shape index (κ2) is 16.2. The standard InChI is InChI=1S/C65H40N4/c66-41-42-19-29-56-57-30-28-50(39-61(57)65(60(56)35-42)58-17-9-7-15-54(58)55-16-8-10-18-59(55)65)52-36-51(46-22-20-45(21-23-46)47-31-33-67-34-32-47)37-53(38-52)63-40-62(68-64(69-63)49-13-5-2-6-14-49)48-26-24-44(25-27-48)43-11-3-1-4-12-43/h1-40H. The molecule has 0 saturated heterocycles. The lowest BCUT2D eigenvalue weighted by atomic mass is 9.70. The number of nitriles is 1. The molecule has 0 radical (unpaired) electrons. The van der Waals surface area contributed by atoms with Gasteiger partial charge in [-0.25, -0.2) is 9.97 Å². The van der Waals surface area contributed by atoms with Crippen LogP contribution in [0.25, 0.3) is 101 Å². The third kappa shape index (κ3) is 6.63. The first-order valence-corrected chi connectivity index (χ1v) is 23.3. The van der Waals surface area contributed by atoms with Gasteiger partial charge in [0.05, 0.1) is 28.4 Å². The van der Waals surface area contributed by atoms with Crippen molar-refractivity contribution in [1.29, 1.82) is 5.26 Å². The smallest absolute Gasteiger partial charge is 0.160 e. The Labute approximate surface area is 401 Å². The maximum atomic E-state index is 10.3. The average Bonchev–Trinajstić information content (AvgIpc) is 3.90. The number of hydrogen-bond donors (Lipinski definition) is 0. The lowest BCUT2D eigenvalue weighted by Gasteiger charge is -2.30. The van der Waals surface area contributed by atoms with Crippen LogP contribution in [-0.2, 0) is 5.41 Å². The Balaban J connectivity index is 1.02. The van der Waals surface area contributed by atoms with E-state index in [1.807, 2.05) is 54.9 Å². The van der Waals surface area contributed by atoms with Crippen molar-refractivity contribution in [3.05, 3.63) is 271 Å². The van der Waals surface area contributed by atoms with Crippen LogP contribution in [-0.4, -0.2) is 15.0 Å². The molecule has 0 atom stereocenters. The zero-order valence-electron chi connectivity index (χ0n) is 37.4. The molecule has 13 rings (SSSR count). The van der Waals surface area contributed by atoms with Crippen LogP contribution >= 0.6 is 0 Å². The van der Waals surface area contributed by atoms with Gasteiger partial charge in [0.2, 0.25) is 0 Å². The SMILES string of the molecule is N#Cc1ccc2c(c1)C1(c3ccccc3-c3ccccc31)c1cc(-c3cc(-c4ccc(-c5ccncc5)cc4)cc(-c4cc(-c5ccc(-c6ccccc6)cc5)nc(-c5ccccc5)n4)c3)ccc1-2. The number of pyridine rings is 1. The maximum absolute atomic E-state index is 10.3. The highest BCUT2D eigenvalue weighted by molar-refractivity contribution is 5.96. The largest absolute Gasteiger partial charge is 0.265 e. The third-order valence-electron chi connectivity index (χ3n) is 14.1. The number of benzene rings is 9. The molecule has 0 amide bonds. The van der Waals surface area contributed by atoms with Crippen molar-refractivity contribution in [2.45, 2.75) is 5.41 Å². The molecule has 0 unspecified atom stereocenters. The van der Waals surface area contributed by atoms with E-state index >= 15 is 0 Å². The number of nitrogens with zero attached hydrogens (tertiary/aromatic N) is 4. The van der Waals surface area contributed by atoms with Crippen LogP contribution in [0.4, 0.5) is 0 Å². The lowest BCUT2D eigenvalue weighted by molar-refractivity contribution is 0.793. The highest BCUT2D eigenvalue weighted by atomic mass is 14.9. The van der Waals surface area contributed by atoms with E-state index in [4.69, 9.17) is 9.97 Å². The average molecular weight is 877 g/mol. The molecule has 0 aliphatic heterocycles. The molecule has 4 heteroatoms. The van der Waals surface area contributed by atoms with Gasteiger partial charge in [-0.15, -0.1) is 0 Å². The first-order chi connectivity index (χ1) is 34.1. The molecule has 2 heterocycles. The fraction of sp³-hybridized carbons (Fsp3) is 0.0154. The molecule has 9 aromatic carbocycles. The fourth-order valence-corrected chi connectivity index (χ4v) is 10.8. The minimum Gasteiger partial charge on any atom is -0.265 e. The van der Waals surface area contributed by atoms with Crippen LogP contribution in [0.1, 0.15) is 27.8 Å². The van der Waals surface area contributed by atoms with Crippen LogP contribution in [0.3, 0.4) is 0 Å². The van der Waals surface area contributed by atoms with Crippen molar-refractivity contribution in [3.8, 4) is 107 Å². The van der Waals surface area contributed by atoms with Gasteiger partial charge >= 0.3 is 0 Å². The van der Waals surface area contributed by atoms with Crippen LogP contribution in [0, 0.1) is 11.3 Å². The Hall–Kier alpha value is -9.30. The van der Waals surface area contributed by atoms with Gasteiger partial charge in [-0.2, -0.15) is 5.26 Å². The normalized spacial score (nSPS) is 12.4. The Morgan fingerprint density at radius 1 is 0.304 bits per heavy atom. The topological polar surface area (TPSA) is 62.5 Å². The van der Waals surface area contributed by atoms with Crippen molar-refractivity contribution in [3.63, 3.8) is 0 Å². The minimum atomic E-state index is -0.605. The van der Waals surface area contributed by atoms with Gasteiger partial charge in [0, 0.05) is 29.1 Å². The first-order valence-electron chi connectivity index (χ1n) is 23.3. The molecule has 0 bridgehead atoms. The predicted molar refractivity (Wildman–Crippen MR) is 279 cm³/mol. The van der Waals surface area contributed by atoms with Gasteiger partial charge in [0.25, 0.3) is 0 Å². The highest BCUT2D eigenvalue weighted by Gasteiger charge is 2.51. The fourth-order valence-electron chi connectivity index (χ4n) is 10.8. The number of aromatic nitrogens is 3. The lowest BCUT2D eigenvalue weighted by Crippen LogP contribution is -2.26. The van der Waals surface area contributed by atoms with Gasteiger partial charge in [0.1, 0.15) is 0 Å². The molecule has 11 aromatic rings. The quantitative estimate of drug-likeness (QED) is 0.160. The Morgan fingerprint density at radius 3 is 1.36 bits per heavy atom. The summed E-state index contributed by atoms with van der Waals surface area (Å²) < 4.78 is 0. The number of rotatable bonds is 7. The summed E-state index contributed by atoms with van der Waals surface area (Å²) in [6.45, 7) is 0. The molecule has 0 saturated carbocycles. The van der Waals surface area contributed by atoms with E-state index in [9.17, 15) is 5.26 Å². The molecule has 69 heavy (non-hydrogen) atoms. The molecule has 2 aromatic heterocycles. The van der Waals surface area contributed by atoms with Crippen molar-refractivity contribution >= 4 is 0 Å². The molecule has 4 nitrogen and oxygen atoms in total. The Kier molecular flexibility index (Phi) is 9.42. The van der Waals surface area contributed by atoms with Crippen LogP contribution in [0.2, 0.25) is 0 Å². The van der Waals surface area contributed by atoms with E-state index in [0.717, 1.165) is 78.1 Å². The second-order valence-corrected chi connectivity index (χ2v) is 17.9. The van der Waals surface area contributed by atoms with Gasteiger partial charge in [-0.1, -0.05) is 176 Å². The molecular weight excluding hydrogens is 837 g/mol. The summed E-state index contributed by atoms with van der Waals surface area (Å²) in [5.74, 6) is 0.663. The van der Waals surface area contributed by atoms with Gasteiger partial charge in [-0.05, 0) is 144 Å². The highest BCUT2D eigenvalue weighted by Crippen LogP contribution is 2.63. The second-order valence-electron chi connectivity index (χ2n) is 17.9. The van der Waals surface area contributed by atoms with Crippen LogP contribution in [0.15, 0.2) is 243 Å². The first kappa shape index (κ1) is 40.0. The molecular formula is C65H40N4. The van der Waals surface area contributed by atoms with Crippen molar-refractivity contribution in [2.24, 2.45) is 0 Å². The summed E-state index contributed by atoms with van der Waals surface area (Å²) in [7, 11) is 0. The van der Waals surface area contributed by atoms with Crippen molar-refractivity contribution in [1.82, 2.24) is 15.0 Å². The molecule has 1 spiro atoms. The van der Waals surface area contributed by atoms with E-state index in [-0.39, 0.29) is 0 Å². The van der Waals surface area contributed by atoms with Crippen molar-refractivity contribution in [2.75, 3.05) is 0 Å². The van der Waals surface area contributed by atoms with E-state index in [0.29, 0.717) is 11.4 Å². The number of fused-ring (bicyclic) bond motifs is 10. The molecule has 0 fully saturated rings. The molecule has 2 aliphatic rings. The van der Waals surface area contributed by atoms with E-state index in [2.05, 4.69) is 199 Å². The minimum absolute atomic E-state index is 0.605. The van der Waals surface area contributed by atoms with Gasteiger partial charge in [-0.3, -0.25) is 4.98 Å². The summed E-state index contributed by atoms with van der Waals surface area (Å²) in [6.07, 6.45) is 3.67. The predicted octanol–water partition coefficient (Wildman–Crippen LogP) is 15.8. The summed E-state index contributed by atoms with van der Waals surface area (Å²) in [6, 6.07) is 84.5. The monoisotopic (exact) mass is 876 g/mol. The Morgan fingerprint density at radius 2 is 0.739 bits per heavy atom. The zero-order valence-corrected chi connectivity index (χ0v) is 37.4. The molecule has 320 valence electrons.